The van der Waals surface area contributed by atoms with Crippen molar-refractivity contribution in [3.8, 4) is 11.5 Å². The van der Waals surface area contributed by atoms with Crippen LogP contribution >= 0.6 is 11.6 Å². The van der Waals surface area contributed by atoms with E-state index in [9.17, 15) is 4.79 Å². The van der Waals surface area contributed by atoms with Crippen molar-refractivity contribution >= 4 is 17.4 Å². The summed E-state index contributed by atoms with van der Waals surface area (Å²) in [6.45, 7) is 5.87. The molecule has 2 nitrogen and oxygen atoms in total. The summed E-state index contributed by atoms with van der Waals surface area (Å²) >= 11 is 6.08. The third kappa shape index (κ3) is 3.85. The average Bonchev–Trinajstić information content (AvgIpc) is 2.47. The Labute approximate surface area is 130 Å². The molecule has 0 saturated heterocycles. The molecule has 110 valence electrons. The SMILES string of the molecule is CCC(C)c1ccc(Oc2ccc(C(C)=O)c(Cl)c2)cc1. The average molecular weight is 303 g/mol. The Morgan fingerprint density at radius 1 is 1.14 bits per heavy atom. The highest BCUT2D eigenvalue weighted by Gasteiger charge is 2.08. The molecule has 0 bridgehead atoms. The second kappa shape index (κ2) is 6.77. The van der Waals surface area contributed by atoms with Gasteiger partial charge in [-0.15, -0.1) is 0 Å². The summed E-state index contributed by atoms with van der Waals surface area (Å²) in [7, 11) is 0. The zero-order valence-electron chi connectivity index (χ0n) is 12.5. The monoisotopic (exact) mass is 302 g/mol. The molecular formula is C18H19ClO2. The lowest BCUT2D eigenvalue weighted by Crippen LogP contribution is -1.94. The highest BCUT2D eigenvalue weighted by atomic mass is 35.5. The number of ketones is 1. The van der Waals surface area contributed by atoms with Crippen molar-refractivity contribution in [2.75, 3.05) is 0 Å². The minimum Gasteiger partial charge on any atom is -0.457 e. The number of benzene rings is 2. The van der Waals surface area contributed by atoms with Crippen molar-refractivity contribution in [1.82, 2.24) is 0 Å². The van der Waals surface area contributed by atoms with Crippen molar-refractivity contribution < 1.29 is 9.53 Å². The minimum absolute atomic E-state index is 0.0514. The molecule has 0 saturated carbocycles. The molecule has 0 amide bonds. The van der Waals surface area contributed by atoms with Crippen LogP contribution in [-0.2, 0) is 0 Å². The number of hydrogen-bond acceptors (Lipinski definition) is 2. The first-order valence-corrected chi connectivity index (χ1v) is 7.47. The molecule has 3 heteroatoms. The first-order chi connectivity index (χ1) is 10.0. The molecule has 2 rings (SSSR count). The molecular weight excluding hydrogens is 284 g/mol. The molecule has 0 fully saturated rings. The minimum atomic E-state index is -0.0514. The van der Waals surface area contributed by atoms with Crippen LogP contribution in [0, 0.1) is 0 Å². The fourth-order valence-electron chi connectivity index (χ4n) is 2.08. The van der Waals surface area contributed by atoms with Crippen LogP contribution in [0.25, 0.3) is 0 Å². The van der Waals surface area contributed by atoms with Crippen LogP contribution in [0.15, 0.2) is 42.5 Å². The van der Waals surface area contributed by atoms with E-state index in [1.807, 2.05) is 12.1 Å². The summed E-state index contributed by atoms with van der Waals surface area (Å²) in [6.07, 6.45) is 1.11. The largest absolute Gasteiger partial charge is 0.457 e. The van der Waals surface area contributed by atoms with Gasteiger partial charge in [-0.25, -0.2) is 0 Å². The van der Waals surface area contributed by atoms with Gasteiger partial charge in [0.25, 0.3) is 0 Å². The van der Waals surface area contributed by atoms with Crippen molar-refractivity contribution in [1.29, 1.82) is 0 Å². The standard InChI is InChI=1S/C18H19ClO2/c1-4-12(2)14-5-7-15(8-6-14)21-16-9-10-17(13(3)20)18(19)11-16/h5-12H,4H2,1-3H3. The quantitative estimate of drug-likeness (QED) is 0.648. The molecule has 0 aliphatic heterocycles. The van der Waals surface area contributed by atoms with E-state index in [2.05, 4.69) is 26.0 Å². The molecule has 1 unspecified atom stereocenters. The summed E-state index contributed by atoms with van der Waals surface area (Å²) in [5, 5.41) is 0.413. The van der Waals surface area contributed by atoms with Gasteiger partial charge < -0.3 is 4.74 Å². The van der Waals surface area contributed by atoms with Gasteiger partial charge in [0.1, 0.15) is 11.5 Å². The maximum atomic E-state index is 11.3. The van der Waals surface area contributed by atoms with E-state index in [1.54, 1.807) is 18.2 Å². The van der Waals surface area contributed by atoms with Crippen molar-refractivity contribution in [3.05, 3.63) is 58.6 Å². The molecule has 21 heavy (non-hydrogen) atoms. The number of Topliss-reactive ketones (excluding diaryl/α,β-unsaturated/α-hetero) is 1. The lowest BCUT2D eigenvalue weighted by molar-refractivity contribution is 0.101. The fraction of sp³-hybridized carbons (Fsp3) is 0.278. The Bertz CT molecular complexity index is 632. The van der Waals surface area contributed by atoms with E-state index in [4.69, 9.17) is 16.3 Å². The van der Waals surface area contributed by atoms with Gasteiger partial charge in [-0.05, 0) is 49.1 Å². The predicted molar refractivity (Wildman–Crippen MR) is 86.7 cm³/mol. The normalized spacial score (nSPS) is 12.0. The second-order valence-corrected chi connectivity index (χ2v) is 5.59. The van der Waals surface area contributed by atoms with Gasteiger partial charge in [0.15, 0.2) is 5.78 Å². The molecule has 0 aromatic heterocycles. The Balaban J connectivity index is 2.15. The van der Waals surface area contributed by atoms with E-state index in [0.29, 0.717) is 22.3 Å². The van der Waals surface area contributed by atoms with Crippen LogP contribution in [0.4, 0.5) is 0 Å². The van der Waals surface area contributed by atoms with Crippen LogP contribution in [0.2, 0.25) is 5.02 Å². The molecule has 2 aromatic carbocycles. The zero-order chi connectivity index (χ0) is 15.4. The molecule has 0 radical (unpaired) electrons. The second-order valence-electron chi connectivity index (χ2n) is 5.18. The fourth-order valence-corrected chi connectivity index (χ4v) is 2.38. The Kier molecular flexibility index (Phi) is 5.03. The number of rotatable bonds is 5. The van der Waals surface area contributed by atoms with Gasteiger partial charge in [0, 0.05) is 11.6 Å². The van der Waals surface area contributed by atoms with E-state index < -0.39 is 0 Å². The van der Waals surface area contributed by atoms with E-state index in [-0.39, 0.29) is 5.78 Å². The Morgan fingerprint density at radius 3 is 2.29 bits per heavy atom. The third-order valence-corrected chi connectivity index (χ3v) is 3.93. The van der Waals surface area contributed by atoms with Crippen molar-refractivity contribution in [2.45, 2.75) is 33.1 Å². The first-order valence-electron chi connectivity index (χ1n) is 7.09. The topological polar surface area (TPSA) is 26.3 Å². The third-order valence-electron chi connectivity index (χ3n) is 3.62. The van der Waals surface area contributed by atoms with Gasteiger partial charge >= 0.3 is 0 Å². The number of carbonyl (C=O) groups excluding carboxylic acids is 1. The lowest BCUT2D eigenvalue weighted by Gasteiger charge is -2.11. The molecule has 0 spiro atoms. The summed E-state index contributed by atoms with van der Waals surface area (Å²) in [5.74, 6) is 1.88. The smallest absolute Gasteiger partial charge is 0.161 e. The van der Waals surface area contributed by atoms with Gasteiger partial charge in [0.2, 0.25) is 0 Å². The van der Waals surface area contributed by atoms with Gasteiger partial charge in [-0.1, -0.05) is 37.6 Å². The first kappa shape index (κ1) is 15.6. The molecule has 0 aliphatic carbocycles. The predicted octanol–water partition coefficient (Wildman–Crippen LogP) is 5.85. The molecule has 1 atom stereocenters. The number of halogens is 1. The summed E-state index contributed by atoms with van der Waals surface area (Å²) < 4.78 is 5.77. The molecule has 2 aromatic rings. The van der Waals surface area contributed by atoms with Gasteiger partial charge in [0.05, 0.1) is 5.02 Å². The maximum Gasteiger partial charge on any atom is 0.161 e. The highest BCUT2D eigenvalue weighted by molar-refractivity contribution is 6.34. The zero-order valence-corrected chi connectivity index (χ0v) is 13.3. The van der Waals surface area contributed by atoms with Crippen molar-refractivity contribution in [2.24, 2.45) is 0 Å². The number of hydrogen-bond donors (Lipinski definition) is 0. The van der Waals surface area contributed by atoms with E-state index in [0.717, 1.165) is 12.2 Å². The van der Waals surface area contributed by atoms with Crippen LogP contribution in [-0.4, -0.2) is 5.78 Å². The molecule has 0 aliphatic rings. The van der Waals surface area contributed by atoms with Crippen molar-refractivity contribution in [3.63, 3.8) is 0 Å². The number of carbonyl (C=O) groups is 1. The van der Waals surface area contributed by atoms with Gasteiger partial charge in [-0.3, -0.25) is 4.79 Å². The van der Waals surface area contributed by atoms with Crippen LogP contribution in [0.3, 0.4) is 0 Å². The number of ether oxygens (including phenoxy) is 1. The summed E-state index contributed by atoms with van der Waals surface area (Å²) in [6, 6.07) is 13.2. The Morgan fingerprint density at radius 2 is 1.76 bits per heavy atom. The molecule has 0 heterocycles. The van der Waals surface area contributed by atoms with Crippen LogP contribution < -0.4 is 4.74 Å². The Hall–Kier alpha value is -1.80. The van der Waals surface area contributed by atoms with Crippen LogP contribution in [0.1, 0.15) is 49.0 Å². The lowest BCUT2D eigenvalue weighted by atomic mass is 9.99. The summed E-state index contributed by atoms with van der Waals surface area (Å²) in [5.41, 5.74) is 1.81. The van der Waals surface area contributed by atoms with E-state index >= 15 is 0 Å². The summed E-state index contributed by atoms with van der Waals surface area (Å²) in [4.78, 5) is 11.3. The van der Waals surface area contributed by atoms with Gasteiger partial charge in [-0.2, -0.15) is 0 Å². The van der Waals surface area contributed by atoms with E-state index in [1.165, 1.54) is 12.5 Å². The highest BCUT2D eigenvalue weighted by Crippen LogP contribution is 2.28. The molecule has 0 N–H and O–H groups in total. The maximum absolute atomic E-state index is 11.3. The van der Waals surface area contributed by atoms with Crippen LogP contribution in [0.5, 0.6) is 11.5 Å².